The Morgan fingerprint density at radius 2 is 1.64 bits per heavy atom. The number of ether oxygens (including phenoxy) is 3. The summed E-state index contributed by atoms with van der Waals surface area (Å²) in [5, 5.41) is 3.05. The van der Waals surface area contributed by atoms with Crippen LogP contribution in [-0.4, -0.2) is 43.2 Å². The molecule has 4 rings (SSSR count). The highest BCUT2D eigenvalue weighted by Crippen LogP contribution is 2.31. The third kappa shape index (κ3) is 5.71. The van der Waals surface area contributed by atoms with Gasteiger partial charge >= 0.3 is 0 Å². The van der Waals surface area contributed by atoms with Gasteiger partial charge in [0.05, 0.1) is 14.2 Å². The van der Waals surface area contributed by atoms with Gasteiger partial charge in [0, 0.05) is 44.0 Å². The van der Waals surface area contributed by atoms with Gasteiger partial charge in [-0.1, -0.05) is 18.2 Å². The Morgan fingerprint density at radius 1 is 0.970 bits per heavy atom. The molecule has 1 saturated heterocycles. The van der Waals surface area contributed by atoms with Gasteiger partial charge in [0.2, 0.25) is 5.91 Å². The number of carbonyl (C=O) groups excluding carboxylic acids is 1. The number of rotatable bonds is 8. The highest BCUT2D eigenvalue weighted by Gasteiger charge is 2.27. The maximum absolute atomic E-state index is 12.8. The molecule has 0 radical (unpaired) electrons. The number of carbonyl (C=O) groups is 1. The zero-order valence-corrected chi connectivity index (χ0v) is 18.9. The van der Waals surface area contributed by atoms with Crippen molar-refractivity contribution in [2.45, 2.75) is 19.4 Å². The fraction of sp³-hybridized carbons (Fsp3) is 0.320. The first-order valence-corrected chi connectivity index (χ1v) is 10.9. The Kier molecular flexibility index (Phi) is 7.24. The summed E-state index contributed by atoms with van der Waals surface area (Å²) >= 11 is 0. The van der Waals surface area contributed by atoms with Gasteiger partial charge < -0.3 is 24.4 Å². The molecule has 0 bridgehead atoms. The van der Waals surface area contributed by atoms with Gasteiger partial charge in [0.1, 0.15) is 17.2 Å². The van der Waals surface area contributed by atoms with Crippen molar-refractivity contribution in [1.29, 1.82) is 0 Å². The molecule has 2 heterocycles. The first kappa shape index (κ1) is 22.4. The fourth-order valence-corrected chi connectivity index (χ4v) is 3.86. The van der Waals surface area contributed by atoms with E-state index < -0.39 is 0 Å². The second-order valence-electron chi connectivity index (χ2n) is 7.80. The quantitative estimate of drug-likeness (QED) is 0.561. The Bertz CT molecular complexity index is 1050. The summed E-state index contributed by atoms with van der Waals surface area (Å²) in [5.74, 6) is 3.28. The van der Waals surface area contributed by atoms with Gasteiger partial charge in [0.25, 0.3) is 5.88 Å². The van der Waals surface area contributed by atoms with Crippen LogP contribution >= 0.6 is 0 Å². The third-order valence-electron chi connectivity index (χ3n) is 5.65. The largest absolute Gasteiger partial charge is 0.497 e. The van der Waals surface area contributed by atoms with Crippen molar-refractivity contribution >= 4 is 11.7 Å². The number of nitrogens with zero attached hydrogens (tertiary/aromatic N) is 3. The summed E-state index contributed by atoms with van der Waals surface area (Å²) in [7, 11) is 3.22. The van der Waals surface area contributed by atoms with Gasteiger partial charge in [-0.25, -0.2) is 9.97 Å². The van der Waals surface area contributed by atoms with Crippen molar-refractivity contribution in [3.8, 4) is 23.1 Å². The second kappa shape index (κ2) is 10.7. The summed E-state index contributed by atoms with van der Waals surface area (Å²) in [5.41, 5.74) is 0.930. The Labute approximate surface area is 193 Å². The second-order valence-corrected chi connectivity index (χ2v) is 7.80. The van der Waals surface area contributed by atoms with Crippen LogP contribution in [0.5, 0.6) is 23.1 Å². The van der Waals surface area contributed by atoms with Crippen LogP contribution in [0.15, 0.2) is 60.9 Å². The van der Waals surface area contributed by atoms with Crippen molar-refractivity contribution in [1.82, 2.24) is 15.3 Å². The number of aromatic nitrogens is 2. The van der Waals surface area contributed by atoms with Gasteiger partial charge in [-0.05, 0) is 42.7 Å². The summed E-state index contributed by atoms with van der Waals surface area (Å²) in [6.07, 6.45) is 4.74. The fourth-order valence-electron chi connectivity index (χ4n) is 3.86. The molecule has 1 aliphatic heterocycles. The molecule has 33 heavy (non-hydrogen) atoms. The van der Waals surface area contributed by atoms with Gasteiger partial charge in [-0.3, -0.25) is 4.79 Å². The lowest BCUT2D eigenvalue weighted by Crippen LogP contribution is -2.40. The maximum atomic E-state index is 12.8. The van der Waals surface area contributed by atoms with Crippen LogP contribution in [0.2, 0.25) is 0 Å². The van der Waals surface area contributed by atoms with Crippen LogP contribution in [0.25, 0.3) is 0 Å². The van der Waals surface area contributed by atoms with E-state index in [4.69, 9.17) is 14.2 Å². The van der Waals surface area contributed by atoms with Crippen LogP contribution in [0.4, 0.5) is 5.82 Å². The van der Waals surface area contributed by atoms with E-state index in [0.717, 1.165) is 18.4 Å². The monoisotopic (exact) mass is 448 g/mol. The molecular weight excluding hydrogens is 420 g/mol. The minimum Gasteiger partial charge on any atom is -0.497 e. The lowest BCUT2D eigenvalue weighted by atomic mass is 9.96. The van der Waals surface area contributed by atoms with E-state index in [1.807, 2.05) is 48.5 Å². The lowest BCUT2D eigenvalue weighted by molar-refractivity contribution is -0.125. The number of para-hydroxylation sites is 1. The van der Waals surface area contributed by atoms with Gasteiger partial charge in [-0.15, -0.1) is 0 Å². The predicted molar refractivity (Wildman–Crippen MR) is 125 cm³/mol. The normalized spacial score (nSPS) is 13.9. The number of hydrogen-bond acceptors (Lipinski definition) is 7. The van der Waals surface area contributed by atoms with Crippen molar-refractivity contribution in [3.63, 3.8) is 0 Å². The molecule has 8 nitrogen and oxygen atoms in total. The molecule has 8 heteroatoms. The number of nitrogens with one attached hydrogen (secondary N) is 1. The number of amides is 1. The Morgan fingerprint density at radius 3 is 2.30 bits per heavy atom. The van der Waals surface area contributed by atoms with Crippen LogP contribution in [0, 0.1) is 5.92 Å². The highest BCUT2D eigenvalue weighted by molar-refractivity contribution is 5.79. The first-order valence-electron chi connectivity index (χ1n) is 10.9. The topological polar surface area (TPSA) is 85.8 Å². The smallest absolute Gasteiger partial charge is 0.263 e. The molecule has 1 aromatic heterocycles. The van der Waals surface area contributed by atoms with Gasteiger partial charge in [-0.2, -0.15) is 0 Å². The van der Waals surface area contributed by atoms with Crippen molar-refractivity contribution in [2.75, 3.05) is 32.2 Å². The standard InChI is InChI=1S/C25H28N4O4/c1-31-21-14-18(15-22(16-21)32-2)17-28-24(30)19-8-12-29(13-9-19)23-25(27-11-10-26-23)33-20-6-4-3-5-7-20/h3-7,10-11,14-16,19H,8-9,12-13,17H2,1-2H3,(H,28,30). The van der Waals surface area contributed by atoms with E-state index in [-0.39, 0.29) is 11.8 Å². The molecule has 0 saturated carbocycles. The van der Waals surface area contributed by atoms with E-state index in [2.05, 4.69) is 20.2 Å². The lowest BCUT2D eigenvalue weighted by Gasteiger charge is -2.32. The average molecular weight is 449 g/mol. The molecule has 1 amide bonds. The van der Waals surface area contributed by atoms with Crippen molar-refractivity contribution < 1.29 is 19.0 Å². The third-order valence-corrected chi connectivity index (χ3v) is 5.65. The van der Waals surface area contributed by atoms with E-state index >= 15 is 0 Å². The molecular formula is C25H28N4O4. The molecule has 1 N–H and O–H groups in total. The van der Waals surface area contributed by atoms with Crippen molar-refractivity contribution in [3.05, 3.63) is 66.5 Å². The number of hydrogen-bond donors (Lipinski definition) is 1. The van der Waals surface area contributed by atoms with Crippen LogP contribution in [0.3, 0.4) is 0 Å². The maximum Gasteiger partial charge on any atom is 0.263 e. The number of benzene rings is 2. The summed E-state index contributed by atoms with van der Waals surface area (Å²) in [4.78, 5) is 23.8. The van der Waals surface area contributed by atoms with E-state index in [1.165, 1.54) is 0 Å². The Hall–Kier alpha value is -3.81. The number of piperidine rings is 1. The molecule has 3 aromatic rings. The highest BCUT2D eigenvalue weighted by atomic mass is 16.5. The zero-order chi connectivity index (χ0) is 23.0. The van der Waals surface area contributed by atoms with Crippen molar-refractivity contribution in [2.24, 2.45) is 5.92 Å². The summed E-state index contributed by atoms with van der Waals surface area (Å²) in [6, 6.07) is 15.1. The Balaban J connectivity index is 1.33. The molecule has 172 valence electrons. The van der Waals surface area contributed by atoms with Crippen LogP contribution in [0.1, 0.15) is 18.4 Å². The van der Waals surface area contributed by atoms with E-state index in [1.54, 1.807) is 26.6 Å². The molecule has 0 unspecified atom stereocenters. The predicted octanol–water partition coefficient (Wildman–Crippen LogP) is 3.82. The van der Waals surface area contributed by atoms with E-state index in [0.29, 0.717) is 48.6 Å². The number of anilines is 1. The molecule has 0 atom stereocenters. The van der Waals surface area contributed by atoms with E-state index in [9.17, 15) is 4.79 Å². The SMILES string of the molecule is COc1cc(CNC(=O)C2CCN(c3nccnc3Oc3ccccc3)CC2)cc(OC)c1. The molecule has 0 aliphatic carbocycles. The van der Waals surface area contributed by atoms with Crippen LogP contribution < -0.4 is 24.4 Å². The summed E-state index contributed by atoms with van der Waals surface area (Å²) in [6.45, 7) is 1.83. The molecule has 2 aromatic carbocycles. The minimum atomic E-state index is -0.0519. The molecule has 1 fully saturated rings. The minimum absolute atomic E-state index is 0.0519. The zero-order valence-electron chi connectivity index (χ0n) is 18.9. The van der Waals surface area contributed by atoms with Gasteiger partial charge in [0.15, 0.2) is 5.82 Å². The number of methoxy groups -OCH3 is 2. The average Bonchev–Trinajstić information content (AvgIpc) is 2.88. The molecule has 0 spiro atoms. The van der Waals surface area contributed by atoms with Crippen LogP contribution in [-0.2, 0) is 11.3 Å². The first-order chi connectivity index (χ1) is 16.2. The molecule has 1 aliphatic rings. The summed E-state index contributed by atoms with van der Waals surface area (Å²) < 4.78 is 16.6.